The van der Waals surface area contributed by atoms with Crippen LogP contribution in [0.3, 0.4) is 0 Å². The summed E-state index contributed by atoms with van der Waals surface area (Å²) in [6.07, 6.45) is 1.05. The van der Waals surface area contributed by atoms with E-state index < -0.39 is 12.2 Å². The molecular weight excluding hydrogens is 532 g/mol. The average molecular weight is 569 g/mol. The van der Waals surface area contributed by atoms with Gasteiger partial charge in [0.15, 0.2) is 0 Å². The number of hydrogen-bond acceptors (Lipinski definition) is 4. The Morgan fingerprint density at radius 3 is 1.21 bits per heavy atom. The highest BCUT2D eigenvalue weighted by Crippen LogP contribution is 2.19. The lowest BCUT2D eigenvalue weighted by Gasteiger charge is -2.19. The molecule has 42 heavy (non-hydrogen) atoms. The van der Waals surface area contributed by atoms with Crippen molar-refractivity contribution in [3.63, 3.8) is 0 Å². The highest BCUT2D eigenvalue weighted by Gasteiger charge is 2.14. The van der Waals surface area contributed by atoms with Crippen molar-refractivity contribution in [2.24, 2.45) is 0 Å². The standard InChI is InChI=1S/C34H36N2O6/c37-33(38)35(29-11-3-1-4-12-29)23-7-9-27-15-19-31(20-16-27)41-25-26-42-32-21-17-28(18-22-32)10-8-24-36(34(39)40)30-13-5-2-6-14-30/h1-6,11-22H,7-10,23-26H2,(H,37,38)(H,39,40). The SMILES string of the molecule is O=C(O)N(CCCc1ccc(OCCOc2ccc(CCCN(C(=O)O)c3ccccc3)cc2)cc1)c1ccccc1. The molecule has 4 aromatic carbocycles. The number of rotatable bonds is 15. The number of nitrogens with zero attached hydrogens (tertiary/aromatic N) is 2. The lowest BCUT2D eigenvalue weighted by atomic mass is 10.1. The van der Waals surface area contributed by atoms with E-state index in [-0.39, 0.29) is 0 Å². The summed E-state index contributed by atoms with van der Waals surface area (Å²) in [5, 5.41) is 19.1. The van der Waals surface area contributed by atoms with Crippen molar-refractivity contribution in [1.82, 2.24) is 0 Å². The minimum absolute atomic E-state index is 0.399. The van der Waals surface area contributed by atoms with E-state index in [4.69, 9.17) is 9.47 Å². The number of carbonyl (C=O) groups is 2. The maximum absolute atomic E-state index is 11.6. The molecule has 0 unspecified atom stereocenters. The number of benzene rings is 4. The summed E-state index contributed by atoms with van der Waals surface area (Å²) in [7, 11) is 0. The van der Waals surface area contributed by atoms with Gasteiger partial charge in [-0.2, -0.15) is 0 Å². The van der Waals surface area contributed by atoms with Gasteiger partial charge < -0.3 is 19.7 Å². The topological polar surface area (TPSA) is 99.5 Å². The van der Waals surface area contributed by atoms with Gasteiger partial charge in [-0.25, -0.2) is 9.59 Å². The monoisotopic (exact) mass is 568 g/mol. The first-order chi connectivity index (χ1) is 20.5. The number of carboxylic acid groups (broad SMARTS) is 2. The second-order valence-corrected chi connectivity index (χ2v) is 9.73. The van der Waals surface area contributed by atoms with Gasteiger partial charge in [0.2, 0.25) is 0 Å². The molecule has 4 aromatic rings. The fraction of sp³-hybridized carbons (Fsp3) is 0.235. The van der Waals surface area contributed by atoms with Crippen LogP contribution in [0.1, 0.15) is 24.0 Å². The van der Waals surface area contributed by atoms with Crippen LogP contribution in [0.25, 0.3) is 0 Å². The van der Waals surface area contributed by atoms with Crippen LogP contribution in [-0.2, 0) is 12.8 Å². The first-order valence-electron chi connectivity index (χ1n) is 14.0. The molecule has 2 amide bonds. The molecule has 0 aliphatic heterocycles. The van der Waals surface area contributed by atoms with E-state index in [1.54, 1.807) is 24.3 Å². The Labute approximate surface area is 246 Å². The molecule has 0 saturated carbocycles. The normalized spacial score (nSPS) is 10.6. The fourth-order valence-electron chi connectivity index (χ4n) is 4.59. The Balaban J connectivity index is 1.13. The van der Waals surface area contributed by atoms with E-state index in [0.717, 1.165) is 35.5 Å². The molecule has 8 heteroatoms. The van der Waals surface area contributed by atoms with Gasteiger partial charge in [0.1, 0.15) is 24.7 Å². The summed E-state index contributed by atoms with van der Waals surface area (Å²) in [6, 6.07) is 33.9. The van der Waals surface area contributed by atoms with Crippen molar-refractivity contribution in [2.75, 3.05) is 36.1 Å². The molecule has 218 valence electrons. The number of anilines is 2. The molecular formula is C34H36N2O6. The van der Waals surface area contributed by atoms with Gasteiger partial charge in [0.25, 0.3) is 0 Å². The van der Waals surface area contributed by atoms with Crippen molar-refractivity contribution in [3.8, 4) is 11.5 Å². The van der Waals surface area contributed by atoms with Crippen LogP contribution < -0.4 is 19.3 Å². The number of aryl methyl sites for hydroxylation is 2. The van der Waals surface area contributed by atoms with Gasteiger partial charge in [-0.15, -0.1) is 0 Å². The molecule has 0 aliphatic rings. The van der Waals surface area contributed by atoms with Crippen molar-refractivity contribution in [3.05, 3.63) is 120 Å². The second kappa shape index (κ2) is 15.7. The average Bonchev–Trinajstić information content (AvgIpc) is 3.01. The molecule has 0 bridgehead atoms. The quantitative estimate of drug-likeness (QED) is 0.145. The van der Waals surface area contributed by atoms with Crippen LogP contribution in [0.2, 0.25) is 0 Å². The molecule has 2 N–H and O–H groups in total. The van der Waals surface area contributed by atoms with Crippen LogP contribution in [-0.4, -0.2) is 48.7 Å². The fourth-order valence-corrected chi connectivity index (χ4v) is 4.59. The molecule has 0 saturated heterocycles. The summed E-state index contributed by atoms with van der Waals surface area (Å²) in [4.78, 5) is 26.0. The van der Waals surface area contributed by atoms with E-state index >= 15 is 0 Å². The van der Waals surface area contributed by atoms with Gasteiger partial charge in [0, 0.05) is 24.5 Å². The molecule has 0 spiro atoms. The third-order valence-corrected chi connectivity index (χ3v) is 6.76. The summed E-state index contributed by atoms with van der Waals surface area (Å²) in [5.74, 6) is 1.50. The van der Waals surface area contributed by atoms with E-state index in [0.29, 0.717) is 50.5 Å². The summed E-state index contributed by atoms with van der Waals surface area (Å²) in [6.45, 7) is 1.65. The Bertz CT molecular complexity index is 1270. The summed E-state index contributed by atoms with van der Waals surface area (Å²) < 4.78 is 11.6. The Kier molecular flexibility index (Phi) is 11.2. The van der Waals surface area contributed by atoms with Gasteiger partial charge in [-0.1, -0.05) is 60.7 Å². The third-order valence-electron chi connectivity index (χ3n) is 6.76. The molecule has 0 heterocycles. The summed E-state index contributed by atoms with van der Waals surface area (Å²) >= 11 is 0. The predicted molar refractivity (Wildman–Crippen MR) is 164 cm³/mol. The molecule has 0 aliphatic carbocycles. The third kappa shape index (κ3) is 9.30. The van der Waals surface area contributed by atoms with Crippen molar-refractivity contribution in [1.29, 1.82) is 0 Å². The first kappa shape index (κ1) is 30.0. The zero-order valence-corrected chi connectivity index (χ0v) is 23.5. The van der Waals surface area contributed by atoms with Crippen LogP contribution >= 0.6 is 0 Å². The molecule has 0 radical (unpaired) electrons. The first-order valence-corrected chi connectivity index (χ1v) is 14.0. The zero-order valence-electron chi connectivity index (χ0n) is 23.5. The summed E-state index contributed by atoms with van der Waals surface area (Å²) in [5.41, 5.74) is 3.59. The Hall–Kier alpha value is -4.98. The smallest absolute Gasteiger partial charge is 0.411 e. The van der Waals surface area contributed by atoms with Crippen molar-refractivity contribution >= 4 is 23.6 Å². The predicted octanol–water partition coefficient (Wildman–Crippen LogP) is 7.38. The van der Waals surface area contributed by atoms with Gasteiger partial charge in [-0.3, -0.25) is 9.80 Å². The van der Waals surface area contributed by atoms with Gasteiger partial charge in [-0.05, 0) is 85.3 Å². The van der Waals surface area contributed by atoms with Gasteiger partial charge >= 0.3 is 12.2 Å². The highest BCUT2D eigenvalue weighted by atomic mass is 16.5. The number of para-hydroxylation sites is 2. The lowest BCUT2D eigenvalue weighted by molar-refractivity contribution is 0.200. The lowest BCUT2D eigenvalue weighted by Crippen LogP contribution is -2.30. The van der Waals surface area contributed by atoms with Crippen LogP contribution in [0.4, 0.5) is 21.0 Å². The highest BCUT2D eigenvalue weighted by molar-refractivity contribution is 5.86. The van der Waals surface area contributed by atoms with E-state index in [2.05, 4.69) is 0 Å². The number of hydrogen-bond donors (Lipinski definition) is 2. The molecule has 0 fully saturated rings. The molecule has 0 aromatic heterocycles. The zero-order chi connectivity index (χ0) is 29.6. The van der Waals surface area contributed by atoms with E-state index in [9.17, 15) is 19.8 Å². The van der Waals surface area contributed by atoms with Crippen LogP contribution in [0.5, 0.6) is 11.5 Å². The van der Waals surface area contributed by atoms with E-state index in [1.807, 2.05) is 84.9 Å². The van der Waals surface area contributed by atoms with Crippen LogP contribution in [0, 0.1) is 0 Å². The maximum atomic E-state index is 11.6. The second-order valence-electron chi connectivity index (χ2n) is 9.73. The largest absolute Gasteiger partial charge is 0.490 e. The molecule has 4 rings (SSSR count). The van der Waals surface area contributed by atoms with Crippen molar-refractivity contribution < 1.29 is 29.3 Å². The van der Waals surface area contributed by atoms with Crippen molar-refractivity contribution in [2.45, 2.75) is 25.7 Å². The number of ether oxygens (including phenoxy) is 2. The van der Waals surface area contributed by atoms with Crippen LogP contribution in [0.15, 0.2) is 109 Å². The Morgan fingerprint density at radius 1 is 0.524 bits per heavy atom. The van der Waals surface area contributed by atoms with E-state index in [1.165, 1.54) is 9.80 Å². The molecule has 0 atom stereocenters. The maximum Gasteiger partial charge on any atom is 0.411 e. The minimum Gasteiger partial charge on any atom is -0.490 e. The minimum atomic E-state index is -0.952. The van der Waals surface area contributed by atoms with Gasteiger partial charge in [0.05, 0.1) is 0 Å². The Morgan fingerprint density at radius 2 is 0.881 bits per heavy atom. The molecule has 8 nitrogen and oxygen atoms in total. The number of amides is 2.